The maximum absolute atomic E-state index is 5.83. The lowest BCUT2D eigenvalue weighted by Crippen LogP contribution is -2.06. The van der Waals surface area contributed by atoms with Crippen LogP contribution in [-0.2, 0) is 6.42 Å². The molecule has 5 aromatic heterocycles. The van der Waals surface area contributed by atoms with E-state index in [0.717, 1.165) is 109 Å². The summed E-state index contributed by atoms with van der Waals surface area (Å²) in [5.74, 6) is 0.822. The fraction of sp³-hybridized carbons (Fsp3) is 0.0513. The summed E-state index contributed by atoms with van der Waals surface area (Å²) in [6.45, 7) is 8.15. The molecule has 0 aliphatic heterocycles. The molecular formula is C78H56N6. The van der Waals surface area contributed by atoms with E-state index >= 15 is 0 Å². The summed E-state index contributed by atoms with van der Waals surface area (Å²) >= 11 is 0. The maximum atomic E-state index is 5.83. The molecule has 5 heterocycles. The monoisotopic (exact) mass is 1080 g/mol. The number of benzene rings is 9. The van der Waals surface area contributed by atoms with Crippen molar-refractivity contribution in [3.05, 3.63) is 302 Å². The van der Waals surface area contributed by atoms with Gasteiger partial charge in [0.05, 0.1) is 44.5 Å². The molecule has 2 aliphatic rings. The van der Waals surface area contributed by atoms with Crippen molar-refractivity contribution in [2.75, 3.05) is 0 Å². The predicted octanol–water partition coefficient (Wildman–Crippen LogP) is 19.9. The van der Waals surface area contributed by atoms with Crippen LogP contribution in [0, 0.1) is 0 Å². The van der Waals surface area contributed by atoms with Gasteiger partial charge >= 0.3 is 0 Å². The molecule has 84 heavy (non-hydrogen) atoms. The molecule has 398 valence electrons. The fourth-order valence-electron chi connectivity index (χ4n) is 13.5. The second kappa shape index (κ2) is 20.0. The SMILES string of the molecule is C=C/C=C\c1cn(-c2cc(-c3cc(-c4cccc(C5C=CC=C(C=C)C5)c4)nc(-c4cc(-n5c6c(c7ccccc75)C=CCC6)cc(-n5c6ccccc6c6ccccc65)c4)n3)cc(-n3c4ccccc4c4ccccc43)c2)c2ccccc12. The number of para-hydroxylation sites is 6. The van der Waals surface area contributed by atoms with Gasteiger partial charge in [0.15, 0.2) is 5.82 Å². The molecule has 1 unspecified atom stereocenters. The molecule has 14 aromatic rings. The van der Waals surface area contributed by atoms with Gasteiger partial charge in [-0.2, -0.15) is 0 Å². The molecule has 0 bridgehead atoms. The number of hydrogen-bond donors (Lipinski definition) is 0. The van der Waals surface area contributed by atoms with Crippen molar-refractivity contribution in [1.29, 1.82) is 0 Å². The smallest absolute Gasteiger partial charge is 0.160 e. The van der Waals surface area contributed by atoms with Crippen molar-refractivity contribution in [3.8, 4) is 56.7 Å². The average molecular weight is 1080 g/mol. The van der Waals surface area contributed by atoms with Crippen molar-refractivity contribution >= 4 is 77.6 Å². The number of aromatic nitrogens is 6. The largest absolute Gasteiger partial charge is 0.316 e. The second-order valence-electron chi connectivity index (χ2n) is 22.2. The number of fused-ring (bicyclic) bond motifs is 10. The van der Waals surface area contributed by atoms with Gasteiger partial charge in [-0.05, 0) is 115 Å². The van der Waals surface area contributed by atoms with Crippen LogP contribution in [0.3, 0.4) is 0 Å². The molecule has 1 atom stereocenters. The summed E-state index contributed by atoms with van der Waals surface area (Å²) in [6, 6.07) is 77.6. The molecule has 6 nitrogen and oxygen atoms in total. The van der Waals surface area contributed by atoms with Crippen LogP contribution in [0.15, 0.2) is 280 Å². The molecular weight excluding hydrogens is 1020 g/mol. The van der Waals surface area contributed by atoms with E-state index < -0.39 is 0 Å². The Morgan fingerprint density at radius 2 is 1.01 bits per heavy atom. The van der Waals surface area contributed by atoms with Gasteiger partial charge in [-0.25, -0.2) is 9.97 Å². The highest BCUT2D eigenvalue weighted by Gasteiger charge is 2.24. The van der Waals surface area contributed by atoms with Crippen LogP contribution < -0.4 is 0 Å². The molecule has 9 aromatic carbocycles. The third-order valence-corrected chi connectivity index (χ3v) is 17.3. The molecule has 0 fully saturated rings. The molecule has 0 radical (unpaired) electrons. The topological polar surface area (TPSA) is 45.5 Å². The Labute approximate surface area is 487 Å². The summed E-state index contributed by atoms with van der Waals surface area (Å²) in [7, 11) is 0. The van der Waals surface area contributed by atoms with E-state index in [1.807, 2.05) is 18.2 Å². The second-order valence-corrected chi connectivity index (χ2v) is 22.2. The predicted molar refractivity (Wildman–Crippen MR) is 352 cm³/mol. The fourth-order valence-corrected chi connectivity index (χ4v) is 13.5. The minimum absolute atomic E-state index is 0.194. The Bertz CT molecular complexity index is 5070. The highest BCUT2D eigenvalue weighted by molar-refractivity contribution is 6.10. The van der Waals surface area contributed by atoms with Crippen LogP contribution in [-0.4, -0.2) is 28.2 Å². The molecule has 0 spiro atoms. The molecule has 0 saturated carbocycles. The van der Waals surface area contributed by atoms with Gasteiger partial charge in [0, 0.05) is 101 Å². The number of hydrogen-bond acceptors (Lipinski definition) is 2. The molecule has 0 saturated heterocycles. The Kier molecular flexibility index (Phi) is 11.7. The lowest BCUT2D eigenvalue weighted by molar-refractivity contribution is 0.829. The minimum Gasteiger partial charge on any atom is -0.316 e. The zero-order chi connectivity index (χ0) is 55.8. The van der Waals surface area contributed by atoms with Gasteiger partial charge in [-0.15, -0.1) is 0 Å². The van der Waals surface area contributed by atoms with Gasteiger partial charge in [0.1, 0.15) is 0 Å². The average Bonchev–Trinajstić information content (AvgIpc) is 4.48. The van der Waals surface area contributed by atoms with Crippen molar-refractivity contribution in [2.24, 2.45) is 0 Å². The number of allylic oxidation sites excluding steroid dienone is 8. The van der Waals surface area contributed by atoms with Gasteiger partial charge in [-0.1, -0.05) is 195 Å². The normalized spacial score (nSPS) is 14.2. The summed E-state index contributed by atoms with van der Waals surface area (Å²) in [5.41, 5.74) is 21.6. The zero-order valence-electron chi connectivity index (χ0n) is 46.3. The first-order chi connectivity index (χ1) is 41.5. The molecule has 6 heteroatoms. The van der Waals surface area contributed by atoms with E-state index in [4.69, 9.17) is 9.97 Å². The molecule has 16 rings (SSSR count). The lowest BCUT2D eigenvalue weighted by Gasteiger charge is -2.19. The van der Waals surface area contributed by atoms with E-state index in [-0.39, 0.29) is 5.92 Å². The summed E-state index contributed by atoms with van der Waals surface area (Å²) in [6.07, 6.45) is 24.2. The van der Waals surface area contributed by atoms with E-state index in [2.05, 4.69) is 286 Å². The maximum Gasteiger partial charge on any atom is 0.160 e. The van der Waals surface area contributed by atoms with E-state index in [0.29, 0.717) is 5.82 Å². The third kappa shape index (κ3) is 8.09. The van der Waals surface area contributed by atoms with Gasteiger partial charge in [-0.3, -0.25) is 0 Å². The first-order valence-corrected chi connectivity index (χ1v) is 29.0. The van der Waals surface area contributed by atoms with Crippen LogP contribution >= 0.6 is 0 Å². The van der Waals surface area contributed by atoms with Crippen LogP contribution in [0.25, 0.3) is 134 Å². The summed E-state index contributed by atoms with van der Waals surface area (Å²) in [4.78, 5) is 11.6. The highest BCUT2D eigenvalue weighted by atomic mass is 15.0. The first-order valence-electron chi connectivity index (χ1n) is 29.0. The Morgan fingerprint density at radius 1 is 0.476 bits per heavy atom. The molecule has 0 amide bonds. The van der Waals surface area contributed by atoms with Gasteiger partial charge < -0.3 is 18.3 Å². The van der Waals surface area contributed by atoms with E-state index in [1.54, 1.807) is 0 Å². The minimum atomic E-state index is 0.194. The zero-order valence-corrected chi connectivity index (χ0v) is 46.3. The van der Waals surface area contributed by atoms with Crippen molar-refractivity contribution in [3.63, 3.8) is 0 Å². The van der Waals surface area contributed by atoms with E-state index in [1.165, 1.54) is 54.8 Å². The van der Waals surface area contributed by atoms with Crippen LogP contribution in [0.5, 0.6) is 0 Å². The van der Waals surface area contributed by atoms with Gasteiger partial charge in [0.25, 0.3) is 0 Å². The Hall–Kier alpha value is -10.8. The van der Waals surface area contributed by atoms with Crippen LogP contribution in [0.1, 0.15) is 41.1 Å². The quantitative estimate of drug-likeness (QED) is 0.121. The number of rotatable bonds is 11. The van der Waals surface area contributed by atoms with Gasteiger partial charge in [0.2, 0.25) is 0 Å². The molecule has 2 aliphatic carbocycles. The van der Waals surface area contributed by atoms with Crippen molar-refractivity contribution in [1.82, 2.24) is 28.2 Å². The lowest BCUT2D eigenvalue weighted by atomic mass is 9.87. The number of nitrogens with zero attached hydrogens (tertiary/aromatic N) is 6. The Balaban J connectivity index is 0.990. The third-order valence-electron chi connectivity index (χ3n) is 17.3. The Morgan fingerprint density at radius 3 is 1.64 bits per heavy atom. The highest BCUT2D eigenvalue weighted by Crippen LogP contribution is 2.42. The van der Waals surface area contributed by atoms with Crippen LogP contribution in [0.2, 0.25) is 0 Å². The van der Waals surface area contributed by atoms with Crippen LogP contribution in [0.4, 0.5) is 0 Å². The first kappa shape index (κ1) is 49.0. The van der Waals surface area contributed by atoms with E-state index in [9.17, 15) is 0 Å². The molecule has 0 N–H and O–H groups in total. The van der Waals surface area contributed by atoms with Crippen molar-refractivity contribution < 1.29 is 0 Å². The standard InChI is InChI=1S/C78H56N6/c1-3-5-23-55-50-81(71-34-13-6-27-62(55)71)58-43-56(44-59(47-58)82-72-35-14-7-28-63(72)64-29-8-15-36-73(64)82)70-49-69(54-26-21-25-53(42-54)52-24-20-22-51(4-2)41-52)79-78(80-70)57-45-60(83-74-37-16-9-30-65(74)66-31-10-17-38-75(66)83)48-61(46-57)84-76-39-18-11-32-67(76)68-33-12-19-40-77(68)84/h3-18,20-39,42-50,52H,1-2,19,40-41H2/b23-5-. The summed E-state index contributed by atoms with van der Waals surface area (Å²) in [5, 5.41) is 7.21. The van der Waals surface area contributed by atoms with Crippen molar-refractivity contribution in [2.45, 2.75) is 25.2 Å². The summed E-state index contributed by atoms with van der Waals surface area (Å²) < 4.78 is 9.66.